The van der Waals surface area contributed by atoms with Crippen LogP contribution in [0.2, 0.25) is 10.0 Å². The Morgan fingerprint density at radius 3 is 2.86 bits per heavy atom. The Balaban J connectivity index is 2.54. The van der Waals surface area contributed by atoms with Gasteiger partial charge in [-0.2, -0.15) is 0 Å². The monoisotopic (exact) mass is 247 g/mol. The maximum Gasteiger partial charge on any atom is 0.138 e. The molecule has 0 amide bonds. The maximum absolute atomic E-state index is 5.87. The first-order chi connectivity index (χ1) is 6.74. The topological polar surface area (TPSA) is 21.6 Å². The van der Waals surface area contributed by atoms with Crippen LogP contribution in [0, 0.1) is 0 Å². The first-order valence-electron chi connectivity index (χ1n) is 3.85. The van der Waals surface area contributed by atoms with Gasteiger partial charge in [-0.1, -0.05) is 23.2 Å². The number of hydrogen-bond acceptors (Lipinski definition) is 3. The fourth-order valence-corrected chi connectivity index (χ4v) is 1.39. The lowest BCUT2D eigenvalue weighted by Crippen LogP contribution is -2.00. The van der Waals surface area contributed by atoms with Gasteiger partial charge in [0.15, 0.2) is 0 Å². The van der Waals surface area contributed by atoms with Crippen molar-refractivity contribution in [1.82, 2.24) is 0 Å². The Hall–Kier alpha value is -0.600. The summed E-state index contributed by atoms with van der Waals surface area (Å²) in [5.74, 6) is 0.593. The second-order valence-corrected chi connectivity index (χ2v) is 3.42. The van der Waals surface area contributed by atoms with Gasteiger partial charge in [-0.15, -0.1) is 0 Å². The van der Waals surface area contributed by atoms with Crippen molar-refractivity contribution in [2.45, 2.75) is 0 Å². The Morgan fingerprint density at radius 2 is 2.21 bits per heavy atom. The molecule has 0 fully saturated rings. The molecule has 74 valence electrons. The van der Waals surface area contributed by atoms with Crippen molar-refractivity contribution >= 4 is 40.6 Å². The summed E-state index contributed by atoms with van der Waals surface area (Å²) in [6, 6.07) is 5.05. The molecule has 0 bridgehead atoms. The first-order valence-corrected chi connectivity index (χ1v) is 5.02. The molecule has 0 aliphatic heterocycles. The van der Waals surface area contributed by atoms with Gasteiger partial charge >= 0.3 is 0 Å². The molecule has 0 radical (unpaired) electrons. The molecule has 0 unspecified atom stereocenters. The van der Waals surface area contributed by atoms with Crippen molar-refractivity contribution in [3.63, 3.8) is 0 Å². The van der Waals surface area contributed by atoms with Crippen molar-refractivity contribution in [2.75, 3.05) is 13.2 Å². The van der Waals surface area contributed by atoms with Crippen LogP contribution in [0.15, 0.2) is 23.2 Å². The largest absolute Gasteiger partial charge is 0.490 e. The van der Waals surface area contributed by atoms with Gasteiger partial charge in [0, 0.05) is 5.02 Å². The van der Waals surface area contributed by atoms with Crippen molar-refractivity contribution in [1.29, 1.82) is 0 Å². The molecule has 0 aliphatic rings. The lowest BCUT2D eigenvalue weighted by Gasteiger charge is -2.05. The van der Waals surface area contributed by atoms with Crippen molar-refractivity contribution in [3.05, 3.63) is 28.2 Å². The van der Waals surface area contributed by atoms with E-state index in [1.807, 2.05) is 0 Å². The van der Waals surface area contributed by atoms with E-state index in [1.165, 1.54) is 0 Å². The van der Waals surface area contributed by atoms with Gasteiger partial charge in [-0.25, -0.2) is 4.99 Å². The highest BCUT2D eigenvalue weighted by Crippen LogP contribution is 2.27. The van der Waals surface area contributed by atoms with Crippen LogP contribution in [0.4, 0.5) is 0 Å². The van der Waals surface area contributed by atoms with Gasteiger partial charge in [0.2, 0.25) is 0 Å². The third kappa shape index (κ3) is 3.64. The van der Waals surface area contributed by atoms with E-state index in [1.54, 1.807) is 18.2 Å². The van der Waals surface area contributed by atoms with Gasteiger partial charge in [0.25, 0.3) is 0 Å². The van der Waals surface area contributed by atoms with Crippen LogP contribution in [0.3, 0.4) is 0 Å². The minimum absolute atomic E-state index is 0.422. The Morgan fingerprint density at radius 1 is 1.43 bits per heavy atom. The highest BCUT2D eigenvalue weighted by atomic mass is 35.5. The zero-order chi connectivity index (χ0) is 10.4. The first kappa shape index (κ1) is 11.5. The van der Waals surface area contributed by atoms with E-state index in [-0.39, 0.29) is 0 Å². The quantitative estimate of drug-likeness (QED) is 0.462. The number of hydrogen-bond donors (Lipinski definition) is 0. The van der Waals surface area contributed by atoms with Crippen molar-refractivity contribution in [2.24, 2.45) is 4.99 Å². The summed E-state index contributed by atoms with van der Waals surface area (Å²) >= 11 is 16.0. The van der Waals surface area contributed by atoms with Gasteiger partial charge in [0.1, 0.15) is 12.4 Å². The normalized spacial score (nSPS) is 9.29. The maximum atomic E-state index is 5.87. The molecule has 14 heavy (non-hydrogen) atoms. The summed E-state index contributed by atoms with van der Waals surface area (Å²) in [6.45, 7) is 0.896. The average molecular weight is 248 g/mol. The van der Waals surface area contributed by atoms with Crippen LogP contribution < -0.4 is 4.74 Å². The summed E-state index contributed by atoms with van der Waals surface area (Å²) < 4.78 is 5.32. The van der Waals surface area contributed by atoms with Crippen LogP contribution in [0.1, 0.15) is 0 Å². The molecule has 1 rings (SSSR count). The summed E-state index contributed by atoms with van der Waals surface area (Å²) in [6.07, 6.45) is 0. The van der Waals surface area contributed by atoms with E-state index in [4.69, 9.17) is 27.9 Å². The number of thiocarbonyl (C=S) groups is 1. The molecule has 1 aromatic rings. The standard InChI is InChI=1S/C9H7Cl2NOS/c10-7-1-2-9(8(11)5-7)13-4-3-12-6-14/h1-2,5H,3-4H2. The fraction of sp³-hybridized carbons (Fsp3) is 0.222. The molecule has 0 aromatic heterocycles. The molecule has 1 aromatic carbocycles. The predicted molar refractivity (Wildman–Crippen MR) is 61.9 cm³/mol. The van der Waals surface area contributed by atoms with Crippen LogP contribution in [-0.2, 0) is 0 Å². The van der Waals surface area contributed by atoms with Crippen molar-refractivity contribution < 1.29 is 4.74 Å². The van der Waals surface area contributed by atoms with Gasteiger partial charge in [0.05, 0.1) is 16.7 Å². The Kier molecular flexibility index (Phi) is 4.91. The Labute approximate surface area is 97.5 Å². The molecule has 0 atom stereocenters. The minimum Gasteiger partial charge on any atom is -0.490 e. The lowest BCUT2D eigenvalue weighted by molar-refractivity contribution is 0.329. The third-order valence-electron chi connectivity index (χ3n) is 1.42. The van der Waals surface area contributed by atoms with E-state index in [9.17, 15) is 0 Å². The summed E-state index contributed by atoms with van der Waals surface area (Å²) in [4.78, 5) is 3.70. The summed E-state index contributed by atoms with van der Waals surface area (Å²) in [5, 5.41) is 3.32. The number of aliphatic imine (C=N–C) groups is 1. The molecule has 5 heteroatoms. The van der Waals surface area contributed by atoms with Gasteiger partial charge < -0.3 is 4.74 Å². The number of ether oxygens (including phenoxy) is 1. The molecule has 2 nitrogen and oxygen atoms in total. The van der Waals surface area contributed by atoms with Gasteiger partial charge in [-0.3, -0.25) is 0 Å². The second-order valence-electron chi connectivity index (χ2n) is 2.40. The highest BCUT2D eigenvalue weighted by Gasteiger charge is 2.00. The zero-order valence-corrected chi connectivity index (χ0v) is 9.49. The highest BCUT2D eigenvalue weighted by molar-refractivity contribution is 7.78. The minimum atomic E-state index is 0.422. The molecule has 0 N–H and O–H groups in total. The van der Waals surface area contributed by atoms with Crippen LogP contribution in [0.25, 0.3) is 0 Å². The zero-order valence-electron chi connectivity index (χ0n) is 7.17. The van der Waals surface area contributed by atoms with E-state index >= 15 is 0 Å². The number of rotatable bonds is 4. The van der Waals surface area contributed by atoms with Crippen LogP contribution in [-0.4, -0.2) is 18.3 Å². The number of isothiocyanates is 1. The van der Waals surface area contributed by atoms with Crippen molar-refractivity contribution in [3.8, 4) is 5.75 Å². The van der Waals surface area contributed by atoms with Gasteiger partial charge in [-0.05, 0) is 30.4 Å². The average Bonchev–Trinajstić information content (AvgIpc) is 2.15. The summed E-state index contributed by atoms with van der Waals surface area (Å²) in [5.41, 5.74) is 0. The second kappa shape index (κ2) is 5.99. The molecule has 0 aliphatic carbocycles. The number of halogens is 2. The molecule has 0 heterocycles. The van der Waals surface area contributed by atoms with Crippen LogP contribution >= 0.6 is 35.4 Å². The van der Waals surface area contributed by atoms with E-state index in [0.717, 1.165) is 0 Å². The Bertz CT molecular complexity index is 364. The number of benzene rings is 1. The molecule has 0 spiro atoms. The molecule has 0 saturated heterocycles. The predicted octanol–water partition coefficient (Wildman–Crippen LogP) is 3.48. The molecular weight excluding hydrogens is 241 g/mol. The van der Waals surface area contributed by atoms with E-state index in [0.29, 0.717) is 28.9 Å². The summed E-state index contributed by atoms with van der Waals surface area (Å²) in [7, 11) is 0. The molecule has 0 saturated carbocycles. The van der Waals surface area contributed by atoms with E-state index in [2.05, 4.69) is 22.4 Å². The number of nitrogens with zero attached hydrogens (tertiary/aromatic N) is 1. The molecular formula is C9H7Cl2NOS. The van der Waals surface area contributed by atoms with E-state index < -0.39 is 0 Å². The fourth-order valence-electron chi connectivity index (χ4n) is 0.839. The SMILES string of the molecule is S=C=NCCOc1ccc(Cl)cc1Cl. The lowest BCUT2D eigenvalue weighted by atomic mass is 10.3. The van der Waals surface area contributed by atoms with Crippen LogP contribution in [0.5, 0.6) is 5.75 Å². The third-order valence-corrected chi connectivity index (χ3v) is 2.08. The smallest absolute Gasteiger partial charge is 0.138 e.